The summed E-state index contributed by atoms with van der Waals surface area (Å²) in [4.78, 5) is 167. The number of hydrogen-bond donors (Lipinski definition) is 6. The monoisotopic (exact) mass is 1380 g/mol. The van der Waals surface area contributed by atoms with Crippen LogP contribution in [0.2, 0.25) is 0 Å². The van der Waals surface area contributed by atoms with Crippen molar-refractivity contribution in [3.8, 4) is 17.1 Å². The van der Waals surface area contributed by atoms with E-state index in [2.05, 4.69) is 26.6 Å². The molecule has 4 aliphatic heterocycles. The van der Waals surface area contributed by atoms with Gasteiger partial charge in [0.15, 0.2) is 11.4 Å². The number of anilines is 1. The molecule has 3 aromatic rings. The van der Waals surface area contributed by atoms with Gasteiger partial charge in [-0.15, -0.1) is 0 Å². The van der Waals surface area contributed by atoms with Crippen molar-refractivity contribution >= 4 is 81.8 Å². The summed E-state index contributed by atoms with van der Waals surface area (Å²) in [5.41, 5.74) is -2.80. The molecule has 6 heterocycles. The molecule has 0 bridgehead atoms. The first-order chi connectivity index (χ1) is 46.4. The number of pyridine rings is 2. The summed E-state index contributed by atoms with van der Waals surface area (Å²) in [5, 5.41) is 25.9. The number of carbonyl (C=O) groups excluding carboxylic acids is 11. The van der Waals surface area contributed by atoms with E-state index in [1.165, 1.54) is 19.1 Å². The summed E-state index contributed by atoms with van der Waals surface area (Å²) in [5.74, 6) is -7.35. The van der Waals surface area contributed by atoms with Gasteiger partial charge in [0.2, 0.25) is 29.5 Å². The molecule has 1 aromatic carbocycles. The average Bonchev–Trinajstić information content (AvgIpc) is 1.60. The molecule has 0 radical (unpaired) electrons. The Balaban J connectivity index is 1.07. The Morgan fingerprint density at radius 3 is 1.79 bits per heavy atom. The molecule has 0 unspecified atom stereocenters. The summed E-state index contributed by atoms with van der Waals surface area (Å²) in [6.45, 7) is 20.3. The number of cyclic esters (lactones) is 1. The van der Waals surface area contributed by atoms with E-state index in [4.69, 9.17) is 42.9 Å². The fourth-order valence-electron chi connectivity index (χ4n) is 11.6. The molecule has 7 amide bonds. The number of nitrogens with one attached hydrogen (secondary N) is 5. The maximum Gasteiger partial charge on any atom is 0.343 e. The Morgan fingerprint density at radius 2 is 1.24 bits per heavy atom. The average molecular weight is 1390 g/mol. The highest BCUT2D eigenvalue weighted by Gasteiger charge is 2.46. The standard InChI is InChI=1S/C70H96N8O21/c1-14-70(91)45-34-49-59-43(35-78(49)64(89)44(45)36-96-65(70)90)42-25-33-95-60-47(20-19-46(73-59)57(42)60)74-61(86)41(4)71-63(88)58(40(2)3)75-62(87)48(72-50(79)18-16-15-17-29-77-52(81)23-24-53(77)82)21-22-51(80)76-69(37-92-30-26-54(83)97-66(5,6)7,38-93-31-27-55(84)98-67(8,9)10)39-94-32-28-56(85)99-68(11,12)13/h19-20,23-24,34,40-41,48,58,91H,14-18,21-22,25-33,35-39H2,1-13H3,(H,71,88)(H,72,79)(H,74,86)(H,75,87)(H,76,80)/t41-,48-,58-,70-/m0/s1. The van der Waals surface area contributed by atoms with Crippen molar-refractivity contribution in [3.05, 3.63) is 63.0 Å². The second-order valence-corrected chi connectivity index (χ2v) is 28.5. The molecule has 99 heavy (non-hydrogen) atoms. The van der Waals surface area contributed by atoms with Crippen molar-refractivity contribution in [1.82, 2.24) is 35.7 Å². The van der Waals surface area contributed by atoms with E-state index in [0.29, 0.717) is 47.3 Å². The number of ether oxygens (including phenoxy) is 8. The van der Waals surface area contributed by atoms with Gasteiger partial charge in [0.25, 0.3) is 17.4 Å². The number of hydrogen-bond acceptors (Lipinski definition) is 22. The Morgan fingerprint density at radius 1 is 0.667 bits per heavy atom. The zero-order valence-electron chi connectivity index (χ0n) is 59.0. The quantitative estimate of drug-likeness (QED) is 0.0163. The summed E-state index contributed by atoms with van der Waals surface area (Å²) in [6, 6.07) is 0.887. The third-order valence-electron chi connectivity index (χ3n) is 16.4. The first-order valence-electron chi connectivity index (χ1n) is 33.6. The molecule has 0 spiro atoms. The minimum Gasteiger partial charge on any atom is -0.490 e. The van der Waals surface area contributed by atoms with Gasteiger partial charge in [0.05, 0.1) is 100 Å². The Bertz CT molecular complexity index is 3560. The molecule has 7 rings (SSSR count). The SMILES string of the molecule is CC[C@@]1(O)C(=O)OCc2c1cc1n(c2=O)Cc2c-1nc1ccc(NC(=O)[C@H](C)NC(=O)[C@@H](NC(=O)[C@H](CCC(=O)NC(COCCC(=O)OC(C)(C)C)(COCCC(=O)OC(C)(C)C)COCCC(=O)OC(C)(C)C)NC(=O)CCCCCN3C(=O)C=CC3=O)C(C)C)c3c1c2CCO3. The van der Waals surface area contributed by atoms with E-state index in [-0.39, 0.29) is 128 Å². The van der Waals surface area contributed by atoms with E-state index in [1.54, 1.807) is 106 Å². The number of aliphatic hydroxyl groups is 1. The lowest BCUT2D eigenvalue weighted by Crippen LogP contribution is -2.59. The molecule has 4 atom stereocenters. The fourth-order valence-corrected chi connectivity index (χ4v) is 11.6. The van der Waals surface area contributed by atoms with Gasteiger partial charge in [-0.2, -0.15) is 0 Å². The number of imide groups is 1. The van der Waals surface area contributed by atoms with E-state index >= 15 is 0 Å². The molecular formula is C70H96N8O21. The van der Waals surface area contributed by atoms with Gasteiger partial charge in [-0.05, 0) is 125 Å². The summed E-state index contributed by atoms with van der Waals surface area (Å²) >= 11 is 0. The fraction of sp³-hybridized carbons (Fsp3) is 0.614. The second-order valence-electron chi connectivity index (χ2n) is 28.5. The number of amides is 7. The molecule has 29 nitrogen and oxygen atoms in total. The molecule has 29 heteroatoms. The third-order valence-corrected chi connectivity index (χ3v) is 16.4. The van der Waals surface area contributed by atoms with Crippen molar-refractivity contribution in [1.29, 1.82) is 0 Å². The number of aromatic nitrogens is 2. The minimum atomic E-state index is -2.01. The zero-order chi connectivity index (χ0) is 73.0. The lowest BCUT2D eigenvalue weighted by molar-refractivity contribution is -0.172. The Hall–Kier alpha value is -8.67. The van der Waals surface area contributed by atoms with Gasteiger partial charge in [-0.3, -0.25) is 57.6 Å². The van der Waals surface area contributed by atoms with Crippen LogP contribution in [0, 0.1) is 5.92 Å². The molecule has 542 valence electrons. The number of fused-ring (bicyclic) bond motifs is 5. The molecule has 0 saturated heterocycles. The van der Waals surface area contributed by atoms with Gasteiger partial charge in [-0.25, -0.2) is 9.78 Å². The normalized spacial score (nSPS) is 16.6. The van der Waals surface area contributed by atoms with Crippen LogP contribution in [0.3, 0.4) is 0 Å². The van der Waals surface area contributed by atoms with E-state index < -0.39 is 129 Å². The highest BCUT2D eigenvalue weighted by Crippen LogP contribution is 2.45. The zero-order valence-corrected chi connectivity index (χ0v) is 59.0. The molecule has 0 aliphatic carbocycles. The van der Waals surface area contributed by atoms with Gasteiger partial charge in [0, 0.05) is 54.5 Å². The summed E-state index contributed by atoms with van der Waals surface area (Å²) < 4.78 is 47.3. The van der Waals surface area contributed by atoms with Crippen LogP contribution in [0.15, 0.2) is 35.1 Å². The smallest absolute Gasteiger partial charge is 0.343 e. The van der Waals surface area contributed by atoms with Crippen LogP contribution in [0.4, 0.5) is 5.69 Å². The molecule has 0 saturated carbocycles. The van der Waals surface area contributed by atoms with Gasteiger partial charge < -0.3 is 74.2 Å². The third kappa shape index (κ3) is 21.0. The van der Waals surface area contributed by atoms with Crippen molar-refractivity contribution in [2.24, 2.45) is 5.92 Å². The number of carbonyl (C=O) groups is 11. The van der Waals surface area contributed by atoms with Gasteiger partial charge in [-0.1, -0.05) is 27.2 Å². The first-order valence-corrected chi connectivity index (χ1v) is 33.6. The number of nitrogens with zero attached hydrogens (tertiary/aromatic N) is 3. The maximum absolute atomic E-state index is 14.6. The van der Waals surface area contributed by atoms with E-state index in [1.807, 2.05) is 0 Å². The lowest BCUT2D eigenvalue weighted by atomic mass is 9.86. The van der Waals surface area contributed by atoms with E-state index in [0.717, 1.165) is 16.0 Å². The van der Waals surface area contributed by atoms with Crippen LogP contribution < -0.4 is 36.9 Å². The first kappa shape index (κ1) is 77.7. The van der Waals surface area contributed by atoms with Crippen LogP contribution >= 0.6 is 0 Å². The topological polar surface area (TPSA) is 380 Å². The lowest BCUT2D eigenvalue weighted by Gasteiger charge is -2.34. The van der Waals surface area contributed by atoms with Crippen molar-refractivity contribution < 1.29 is 95.7 Å². The predicted molar refractivity (Wildman–Crippen MR) is 357 cm³/mol. The van der Waals surface area contributed by atoms with Crippen LogP contribution in [0.5, 0.6) is 5.75 Å². The number of benzene rings is 1. The number of esters is 4. The second kappa shape index (κ2) is 33.0. The predicted octanol–water partition coefficient (Wildman–Crippen LogP) is 4.45. The molecule has 2 aromatic heterocycles. The number of unbranched alkanes of at least 4 members (excludes halogenated alkanes) is 2. The molecular weight excluding hydrogens is 1290 g/mol. The molecule has 4 aliphatic rings. The Kier molecular flexibility index (Phi) is 25.9. The van der Waals surface area contributed by atoms with Gasteiger partial charge >= 0.3 is 23.9 Å². The van der Waals surface area contributed by atoms with Crippen molar-refractivity contribution in [3.63, 3.8) is 0 Å². The van der Waals surface area contributed by atoms with Crippen molar-refractivity contribution in [2.45, 2.75) is 220 Å². The summed E-state index contributed by atoms with van der Waals surface area (Å²) in [7, 11) is 0. The summed E-state index contributed by atoms with van der Waals surface area (Å²) in [6.07, 6.45) is 2.34. The Labute approximate surface area is 575 Å². The number of rotatable bonds is 34. The van der Waals surface area contributed by atoms with Crippen LogP contribution in [-0.2, 0) is 111 Å². The maximum atomic E-state index is 14.6. The van der Waals surface area contributed by atoms with Crippen LogP contribution in [-0.4, -0.2) is 178 Å². The minimum absolute atomic E-state index is 0.0208. The van der Waals surface area contributed by atoms with Crippen LogP contribution in [0.1, 0.15) is 176 Å². The molecule has 6 N–H and O–H groups in total. The van der Waals surface area contributed by atoms with Gasteiger partial charge in [0.1, 0.15) is 47.1 Å². The molecule has 0 fully saturated rings. The van der Waals surface area contributed by atoms with Crippen LogP contribution in [0.25, 0.3) is 22.3 Å². The van der Waals surface area contributed by atoms with E-state index in [9.17, 15) is 62.6 Å². The van der Waals surface area contributed by atoms with Crippen molar-refractivity contribution in [2.75, 3.05) is 58.1 Å². The largest absolute Gasteiger partial charge is 0.490 e. The highest BCUT2D eigenvalue weighted by atomic mass is 16.6. The highest BCUT2D eigenvalue weighted by molar-refractivity contribution is 6.13.